The van der Waals surface area contributed by atoms with Crippen LogP contribution in [0.3, 0.4) is 0 Å². The molecule has 19 heavy (non-hydrogen) atoms. The third kappa shape index (κ3) is 3.45. The van der Waals surface area contributed by atoms with Gasteiger partial charge in [0, 0.05) is 50.4 Å². The Labute approximate surface area is 113 Å². The van der Waals surface area contributed by atoms with Crippen molar-refractivity contribution in [1.82, 2.24) is 4.98 Å². The molecule has 0 aliphatic rings. The summed E-state index contributed by atoms with van der Waals surface area (Å²) < 4.78 is 5.95. The number of nitrogens with two attached hydrogens (primary N) is 1. The van der Waals surface area contributed by atoms with Gasteiger partial charge in [0.1, 0.15) is 11.9 Å². The molecule has 0 aliphatic heterocycles. The van der Waals surface area contributed by atoms with E-state index in [0.29, 0.717) is 6.54 Å². The predicted octanol–water partition coefficient (Wildman–Crippen LogP) is 2.23. The Kier molecular flexibility index (Phi) is 4.36. The van der Waals surface area contributed by atoms with Crippen molar-refractivity contribution in [3.8, 4) is 5.75 Å². The van der Waals surface area contributed by atoms with Gasteiger partial charge in [-0.2, -0.15) is 0 Å². The molecule has 0 amide bonds. The first kappa shape index (κ1) is 13.4. The smallest absolute Gasteiger partial charge is 0.137 e. The Bertz CT molecular complexity index is 514. The molecular formula is C15H19N3O. The van der Waals surface area contributed by atoms with Gasteiger partial charge in [-0.1, -0.05) is 12.1 Å². The molecule has 1 unspecified atom stereocenters. The fourth-order valence-corrected chi connectivity index (χ4v) is 1.82. The van der Waals surface area contributed by atoms with Crippen LogP contribution in [-0.4, -0.2) is 25.6 Å². The zero-order valence-electron chi connectivity index (χ0n) is 11.3. The molecule has 0 radical (unpaired) electrons. The second-order valence-electron chi connectivity index (χ2n) is 4.52. The Morgan fingerprint density at radius 3 is 2.74 bits per heavy atom. The van der Waals surface area contributed by atoms with Crippen LogP contribution in [-0.2, 0) is 0 Å². The summed E-state index contributed by atoms with van der Waals surface area (Å²) >= 11 is 0. The SMILES string of the molecule is CN(C)c1cccc(OC(CN)c2cccnc2)c1. The lowest BCUT2D eigenvalue weighted by Gasteiger charge is -2.19. The molecule has 0 fully saturated rings. The third-order valence-electron chi connectivity index (χ3n) is 2.88. The molecule has 4 heteroatoms. The van der Waals surface area contributed by atoms with E-state index in [1.54, 1.807) is 12.4 Å². The maximum absolute atomic E-state index is 5.95. The summed E-state index contributed by atoms with van der Waals surface area (Å²) in [6.45, 7) is 0.415. The molecule has 0 bridgehead atoms. The third-order valence-corrected chi connectivity index (χ3v) is 2.88. The molecule has 1 aromatic carbocycles. The van der Waals surface area contributed by atoms with E-state index in [2.05, 4.69) is 4.98 Å². The van der Waals surface area contributed by atoms with Crippen LogP contribution in [0.2, 0.25) is 0 Å². The van der Waals surface area contributed by atoms with E-state index in [1.807, 2.05) is 55.4 Å². The van der Waals surface area contributed by atoms with Crippen LogP contribution in [0.15, 0.2) is 48.8 Å². The summed E-state index contributed by atoms with van der Waals surface area (Å²) in [5, 5.41) is 0. The van der Waals surface area contributed by atoms with Crippen molar-refractivity contribution in [2.45, 2.75) is 6.10 Å². The van der Waals surface area contributed by atoms with E-state index in [1.165, 1.54) is 0 Å². The topological polar surface area (TPSA) is 51.4 Å². The number of nitrogens with zero attached hydrogens (tertiary/aromatic N) is 2. The maximum Gasteiger partial charge on any atom is 0.137 e. The van der Waals surface area contributed by atoms with Gasteiger partial charge in [0.25, 0.3) is 0 Å². The number of hydrogen-bond acceptors (Lipinski definition) is 4. The molecule has 2 N–H and O–H groups in total. The minimum atomic E-state index is -0.175. The van der Waals surface area contributed by atoms with Crippen molar-refractivity contribution in [1.29, 1.82) is 0 Å². The fraction of sp³-hybridized carbons (Fsp3) is 0.267. The van der Waals surface area contributed by atoms with Gasteiger partial charge in [0.05, 0.1) is 0 Å². The van der Waals surface area contributed by atoms with Gasteiger partial charge >= 0.3 is 0 Å². The van der Waals surface area contributed by atoms with Crippen molar-refractivity contribution in [3.05, 3.63) is 54.4 Å². The largest absolute Gasteiger partial charge is 0.484 e. The number of hydrogen-bond donors (Lipinski definition) is 1. The minimum Gasteiger partial charge on any atom is -0.484 e. The van der Waals surface area contributed by atoms with E-state index in [9.17, 15) is 0 Å². The van der Waals surface area contributed by atoms with Crippen molar-refractivity contribution in [3.63, 3.8) is 0 Å². The van der Waals surface area contributed by atoms with Crippen LogP contribution in [0, 0.1) is 0 Å². The van der Waals surface area contributed by atoms with Crippen LogP contribution in [0.5, 0.6) is 5.75 Å². The van der Waals surface area contributed by atoms with Crippen molar-refractivity contribution in [2.24, 2.45) is 5.73 Å². The maximum atomic E-state index is 5.95. The molecule has 4 nitrogen and oxygen atoms in total. The molecule has 2 rings (SSSR count). The molecule has 1 heterocycles. The summed E-state index contributed by atoms with van der Waals surface area (Å²) in [7, 11) is 4.00. The second-order valence-corrected chi connectivity index (χ2v) is 4.52. The van der Waals surface area contributed by atoms with E-state index in [4.69, 9.17) is 10.5 Å². The zero-order chi connectivity index (χ0) is 13.7. The van der Waals surface area contributed by atoms with Crippen LogP contribution in [0.1, 0.15) is 11.7 Å². The number of anilines is 1. The minimum absolute atomic E-state index is 0.175. The van der Waals surface area contributed by atoms with Gasteiger partial charge in [0.15, 0.2) is 0 Å². The molecule has 100 valence electrons. The van der Waals surface area contributed by atoms with Crippen molar-refractivity contribution >= 4 is 5.69 Å². The van der Waals surface area contributed by atoms with Gasteiger partial charge in [-0.3, -0.25) is 4.98 Å². The number of ether oxygens (including phenoxy) is 1. The monoisotopic (exact) mass is 257 g/mol. The van der Waals surface area contributed by atoms with E-state index in [0.717, 1.165) is 17.0 Å². The number of pyridine rings is 1. The van der Waals surface area contributed by atoms with Crippen molar-refractivity contribution in [2.75, 3.05) is 25.5 Å². The highest BCUT2D eigenvalue weighted by Crippen LogP contribution is 2.24. The van der Waals surface area contributed by atoms with Crippen LogP contribution >= 0.6 is 0 Å². The number of rotatable bonds is 5. The first-order chi connectivity index (χ1) is 9.20. The molecule has 0 spiro atoms. The summed E-state index contributed by atoms with van der Waals surface area (Å²) in [6, 6.07) is 11.8. The Morgan fingerprint density at radius 2 is 2.11 bits per heavy atom. The zero-order valence-corrected chi connectivity index (χ0v) is 11.3. The molecule has 1 aromatic heterocycles. The summed E-state index contributed by atoms with van der Waals surface area (Å²) in [4.78, 5) is 6.13. The van der Waals surface area contributed by atoms with Crippen LogP contribution in [0.25, 0.3) is 0 Å². The lowest BCUT2D eigenvalue weighted by atomic mass is 10.1. The summed E-state index contributed by atoms with van der Waals surface area (Å²) in [5.41, 5.74) is 7.87. The molecule has 1 atom stereocenters. The predicted molar refractivity (Wildman–Crippen MR) is 77.4 cm³/mol. The highest BCUT2D eigenvalue weighted by atomic mass is 16.5. The number of aromatic nitrogens is 1. The first-order valence-corrected chi connectivity index (χ1v) is 6.24. The van der Waals surface area contributed by atoms with Gasteiger partial charge < -0.3 is 15.4 Å². The lowest BCUT2D eigenvalue weighted by molar-refractivity contribution is 0.214. The standard InChI is InChI=1S/C15H19N3O/c1-18(2)13-6-3-7-14(9-13)19-15(10-16)12-5-4-8-17-11-12/h3-9,11,15H,10,16H2,1-2H3. The van der Waals surface area contributed by atoms with E-state index in [-0.39, 0.29) is 6.10 Å². The average Bonchev–Trinajstić information content (AvgIpc) is 2.46. The van der Waals surface area contributed by atoms with Gasteiger partial charge in [0.2, 0.25) is 0 Å². The average molecular weight is 257 g/mol. The molecular weight excluding hydrogens is 238 g/mol. The Balaban J connectivity index is 2.17. The second kappa shape index (κ2) is 6.20. The normalized spacial score (nSPS) is 11.9. The van der Waals surface area contributed by atoms with Gasteiger partial charge in [-0.05, 0) is 18.2 Å². The first-order valence-electron chi connectivity index (χ1n) is 6.24. The van der Waals surface area contributed by atoms with Gasteiger partial charge in [-0.15, -0.1) is 0 Å². The molecule has 0 saturated heterocycles. The van der Waals surface area contributed by atoms with Crippen LogP contribution < -0.4 is 15.4 Å². The molecule has 0 aliphatic carbocycles. The number of benzene rings is 1. The Morgan fingerprint density at radius 1 is 1.26 bits per heavy atom. The Hall–Kier alpha value is -2.07. The van der Waals surface area contributed by atoms with E-state index >= 15 is 0 Å². The van der Waals surface area contributed by atoms with Crippen LogP contribution in [0.4, 0.5) is 5.69 Å². The van der Waals surface area contributed by atoms with Gasteiger partial charge in [-0.25, -0.2) is 0 Å². The molecule has 0 saturated carbocycles. The highest BCUT2D eigenvalue weighted by Gasteiger charge is 2.11. The fourth-order valence-electron chi connectivity index (χ4n) is 1.82. The van der Waals surface area contributed by atoms with E-state index < -0.39 is 0 Å². The highest BCUT2D eigenvalue weighted by molar-refractivity contribution is 5.49. The summed E-state index contributed by atoms with van der Waals surface area (Å²) in [6.07, 6.45) is 3.35. The summed E-state index contributed by atoms with van der Waals surface area (Å²) in [5.74, 6) is 0.811. The van der Waals surface area contributed by atoms with Crippen molar-refractivity contribution < 1.29 is 4.74 Å². The molecule has 2 aromatic rings. The quantitative estimate of drug-likeness (QED) is 0.892. The lowest BCUT2D eigenvalue weighted by Crippen LogP contribution is -2.18.